The highest BCUT2D eigenvalue weighted by Crippen LogP contribution is 2.16. The average Bonchev–Trinajstić information content (AvgIpc) is 2.77. The van der Waals surface area contributed by atoms with Crippen molar-refractivity contribution in [2.24, 2.45) is 0 Å². The van der Waals surface area contributed by atoms with Gasteiger partial charge in [0.1, 0.15) is 0 Å². The minimum Gasteiger partial charge on any atom is -0.393 e. The minimum atomic E-state index is -0.0373. The quantitative estimate of drug-likeness (QED) is 0.126. The molecule has 0 aliphatic rings. The zero-order valence-corrected chi connectivity index (χ0v) is 22.1. The van der Waals surface area contributed by atoms with Crippen molar-refractivity contribution in [3.8, 4) is 0 Å². The third-order valence-electron chi connectivity index (χ3n) is 7.01. The Morgan fingerprint density at radius 1 is 0.323 bits per heavy atom. The third-order valence-corrected chi connectivity index (χ3v) is 7.01. The summed E-state index contributed by atoms with van der Waals surface area (Å²) < 4.78 is 0. The van der Waals surface area contributed by atoms with Gasteiger partial charge in [-0.3, -0.25) is 0 Å². The van der Waals surface area contributed by atoms with Crippen LogP contribution >= 0.6 is 0 Å². The number of rotatable bonds is 27. The first kappa shape index (κ1) is 31.0. The smallest absolute Gasteiger partial charge is 0.0540 e. The first-order chi connectivity index (χ1) is 15.3. The molecule has 0 bridgehead atoms. The summed E-state index contributed by atoms with van der Waals surface area (Å²) in [5, 5.41) is 9.73. The number of aliphatic hydroxyl groups is 1. The molecule has 0 fully saturated rings. The molecule has 0 rings (SSSR count). The Morgan fingerprint density at radius 3 is 0.839 bits per heavy atom. The summed E-state index contributed by atoms with van der Waals surface area (Å²) in [5.41, 5.74) is 0. The number of hydrogen-bond donors (Lipinski definition) is 1. The molecule has 0 heterocycles. The van der Waals surface area contributed by atoms with E-state index in [4.69, 9.17) is 0 Å². The van der Waals surface area contributed by atoms with Crippen molar-refractivity contribution in [2.75, 3.05) is 0 Å². The summed E-state index contributed by atoms with van der Waals surface area (Å²) in [4.78, 5) is 0. The topological polar surface area (TPSA) is 20.2 Å². The number of aliphatic hydroxyl groups excluding tert-OH is 1. The van der Waals surface area contributed by atoms with Crippen LogP contribution < -0.4 is 0 Å². The monoisotopic (exact) mass is 438 g/mol. The van der Waals surface area contributed by atoms with Gasteiger partial charge in [0.25, 0.3) is 0 Å². The number of unbranched alkanes of at least 4 members (excludes halogenated alkanes) is 23. The van der Waals surface area contributed by atoms with E-state index in [2.05, 4.69) is 13.8 Å². The summed E-state index contributed by atoms with van der Waals surface area (Å²) in [6.07, 6.45) is 37.7. The predicted molar refractivity (Wildman–Crippen MR) is 142 cm³/mol. The lowest BCUT2D eigenvalue weighted by atomic mass is 10.0. The van der Waals surface area contributed by atoms with Crippen LogP contribution in [-0.4, -0.2) is 11.2 Å². The zero-order valence-electron chi connectivity index (χ0n) is 22.1. The highest BCUT2D eigenvalue weighted by Gasteiger charge is 2.01. The molecule has 0 aliphatic carbocycles. The Labute approximate surface area is 198 Å². The van der Waals surface area contributed by atoms with Crippen molar-refractivity contribution in [1.82, 2.24) is 0 Å². The van der Waals surface area contributed by atoms with Gasteiger partial charge in [-0.05, 0) is 12.8 Å². The molecular formula is C30H62O. The fourth-order valence-corrected chi connectivity index (χ4v) is 4.82. The molecule has 0 saturated carbocycles. The van der Waals surface area contributed by atoms with Gasteiger partial charge in [0, 0.05) is 0 Å². The van der Waals surface area contributed by atoms with Gasteiger partial charge in [-0.25, -0.2) is 0 Å². The van der Waals surface area contributed by atoms with Crippen LogP contribution in [0.2, 0.25) is 0 Å². The molecule has 0 aliphatic heterocycles. The van der Waals surface area contributed by atoms with E-state index in [0.29, 0.717) is 0 Å². The average molecular weight is 439 g/mol. The standard InChI is InChI=1S/C30H62O/c1-3-5-6-7-8-9-10-11-12-13-14-15-16-17-18-19-20-21-22-23-24-25-26-27-29-30(31)28-4-2/h30-31H,3-29H2,1-2H3. The largest absolute Gasteiger partial charge is 0.393 e. The summed E-state index contributed by atoms with van der Waals surface area (Å²) in [6, 6.07) is 0. The molecule has 0 saturated heterocycles. The lowest BCUT2D eigenvalue weighted by molar-refractivity contribution is 0.150. The molecule has 1 heteroatoms. The van der Waals surface area contributed by atoms with Crippen LogP contribution in [0.3, 0.4) is 0 Å². The van der Waals surface area contributed by atoms with Gasteiger partial charge < -0.3 is 5.11 Å². The van der Waals surface area contributed by atoms with Gasteiger partial charge in [0.05, 0.1) is 6.10 Å². The molecule has 0 amide bonds. The maximum absolute atomic E-state index is 9.73. The molecule has 0 aromatic rings. The highest BCUT2D eigenvalue weighted by molar-refractivity contribution is 4.56. The summed E-state index contributed by atoms with van der Waals surface area (Å²) in [5.74, 6) is 0. The maximum Gasteiger partial charge on any atom is 0.0540 e. The van der Waals surface area contributed by atoms with Crippen LogP contribution in [0.15, 0.2) is 0 Å². The van der Waals surface area contributed by atoms with Crippen molar-refractivity contribution in [3.05, 3.63) is 0 Å². The van der Waals surface area contributed by atoms with Gasteiger partial charge >= 0.3 is 0 Å². The van der Waals surface area contributed by atoms with Crippen LogP contribution in [0, 0.1) is 0 Å². The van der Waals surface area contributed by atoms with E-state index in [1.807, 2.05) is 0 Å². The Morgan fingerprint density at radius 2 is 0.581 bits per heavy atom. The normalized spacial score (nSPS) is 12.5. The van der Waals surface area contributed by atoms with Crippen LogP contribution in [0.4, 0.5) is 0 Å². The lowest BCUT2D eigenvalue weighted by Crippen LogP contribution is -2.04. The predicted octanol–water partition coefficient (Wildman–Crippen LogP) is 10.9. The Bertz CT molecular complexity index is 301. The molecule has 1 nitrogen and oxygen atoms in total. The van der Waals surface area contributed by atoms with E-state index in [1.54, 1.807) is 0 Å². The van der Waals surface area contributed by atoms with Crippen LogP contribution in [-0.2, 0) is 0 Å². The van der Waals surface area contributed by atoms with Gasteiger partial charge in [-0.1, -0.05) is 174 Å². The Hall–Kier alpha value is -0.0400. The zero-order chi connectivity index (χ0) is 22.7. The van der Waals surface area contributed by atoms with E-state index >= 15 is 0 Å². The van der Waals surface area contributed by atoms with E-state index in [9.17, 15) is 5.11 Å². The molecule has 31 heavy (non-hydrogen) atoms. The molecule has 0 aromatic carbocycles. The van der Waals surface area contributed by atoms with Crippen molar-refractivity contribution >= 4 is 0 Å². The fraction of sp³-hybridized carbons (Fsp3) is 1.00. The van der Waals surface area contributed by atoms with Crippen molar-refractivity contribution < 1.29 is 5.11 Å². The second-order valence-electron chi connectivity index (χ2n) is 10.4. The molecule has 0 spiro atoms. The second kappa shape index (κ2) is 28.0. The highest BCUT2D eigenvalue weighted by atomic mass is 16.3. The SMILES string of the molecule is CCCCCCCCCCCCCCCCCCCCCCCCCCC(O)CCC. The molecule has 0 radical (unpaired) electrons. The molecule has 1 unspecified atom stereocenters. The fourth-order valence-electron chi connectivity index (χ4n) is 4.82. The van der Waals surface area contributed by atoms with E-state index in [-0.39, 0.29) is 6.10 Å². The second-order valence-corrected chi connectivity index (χ2v) is 10.4. The molecule has 1 N–H and O–H groups in total. The minimum absolute atomic E-state index is 0.0373. The van der Waals surface area contributed by atoms with Gasteiger partial charge in [0.15, 0.2) is 0 Å². The molecule has 1 atom stereocenters. The summed E-state index contributed by atoms with van der Waals surface area (Å²) in [6.45, 7) is 4.46. The first-order valence-electron chi connectivity index (χ1n) is 15.0. The third kappa shape index (κ3) is 27.9. The molecule has 0 aromatic heterocycles. The maximum atomic E-state index is 9.73. The summed E-state index contributed by atoms with van der Waals surface area (Å²) in [7, 11) is 0. The van der Waals surface area contributed by atoms with E-state index in [1.165, 1.54) is 154 Å². The summed E-state index contributed by atoms with van der Waals surface area (Å²) >= 11 is 0. The van der Waals surface area contributed by atoms with Gasteiger partial charge in [0.2, 0.25) is 0 Å². The van der Waals surface area contributed by atoms with Crippen LogP contribution in [0.25, 0.3) is 0 Å². The first-order valence-corrected chi connectivity index (χ1v) is 15.0. The van der Waals surface area contributed by atoms with Crippen molar-refractivity contribution in [3.63, 3.8) is 0 Å². The van der Waals surface area contributed by atoms with Crippen LogP contribution in [0.1, 0.15) is 187 Å². The van der Waals surface area contributed by atoms with Crippen molar-refractivity contribution in [2.45, 2.75) is 193 Å². The lowest BCUT2D eigenvalue weighted by Gasteiger charge is -2.08. The Kier molecular flexibility index (Phi) is 28.0. The Balaban J connectivity index is 3.02. The van der Waals surface area contributed by atoms with Gasteiger partial charge in [-0.2, -0.15) is 0 Å². The van der Waals surface area contributed by atoms with E-state index < -0.39 is 0 Å². The van der Waals surface area contributed by atoms with Gasteiger partial charge in [-0.15, -0.1) is 0 Å². The molecular weight excluding hydrogens is 376 g/mol. The molecule has 188 valence electrons. The van der Waals surface area contributed by atoms with E-state index in [0.717, 1.165) is 19.3 Å². The van der Waals surface area contributed by atoms with Crippen LogP contribution in [0.5, 0.6) is 0 Å². The number of hydrogen-bond acceptors (Lipinski definition) is 1. The van der Waals surface area contributed by atoms with Crippen molar-refractivity contribution in [1.29, 1.82) is 0 Å².